The molecule has 14 heavy (non-hydrogen) atoms. The fourth-order valence-electron chi connectivity index (χ4n) is 0.922. The number of hydrogen-bond acceptors (Lipinski definition) is 1. The molecular weight excluding hydrogens is 219 g/mol. The first kappa shape index (κ1) is 13.2. The van der Waals surface area contributed by atoms with Crippen LogP contribution >= 0.6 is 24.0 Å². The number of carbonyl (C=O) groups is 1. The number of rotatable bonds is 4. The van der Waals surface area contributed by atoms with Gasteiger partial charge in [0, 0.05) is 11.4 Å². The summed E-state index contributed by atoms with van der Waals surface area (Å²) in [5.74, 6) is -0.0463. The lowest BCUT2D eigenvalue weighted by atomic mass is 10.1. The Morgan fingerprint density at radius 3 is 2.43 bits per heavy atom. The molecule has 1 radical (unpaired) electrons. The number of hydrogen-bond donors (Lipinski definition) is 0. The molecule has 3 heteroatoms. The van der Waals surface area contributed by atoms with Gasteiger partial charge in [0.25, 0.3) is 0 Å². The summed E-state index contributed by atoms with van der Waals surface area (Å²) in [4.78, 5) is 10.9. The minimum absolute atomic E-state index is 0. The van der Waals surface area contributed by atoms with Gasteiger partial charge in [0.05, 0.1) is 0 Å². The Balaban J connectivity index is 0.00000169. The molecule has 0 fully saturated rings. The zero-order valence-electron chi connectivity index (χ0n) is 7.57. The van der Waals surface area contributed by atoms with Crippen molar-refractivity contribution in [1.82, 2.24) is 0 Å². The molecule has 1 aromatic carbocycles. The lowest BCUT2D eigenvalue weighted by Gasteiger charge is -1.97. The van der Waals surface area contributed by atoms with Crippen LogP contribution in [-0.4, -0.2) is 5.78 Å². The maximum atomic E-state index is 10.9. The molecule has 0 spiro atoms. The molecule has 1 rings (SSSR count). The molecule has 0 aliphatic carbocycles. The Kier molecular flexibility index (Phi) is 6.26. The second kappa shape index (κ2) is 6.63. The van der Waals surface area contributed by atoms with Gasteiger partial charge >= 0.3 is 0 Å². The molecule has 0 saturated carbocycles. The summed E-state index contributed by atoms with van der Waals surface area (Å²) < 4.78 is 0. The van der Waals surface area contributed by atoms with E-state index >= 15 is 0 Å². The van der Waals surface area contributed by atoms with Gasteiger partial charge in [-0.3, -0.25) is 4.79 Å². The van der Waals surface area contributed by atoms with Gasteiger partial charge in [-0.05, 0) is 30.2 Å². The molecule has 0 unspecified atom stereocenters. The first-order valence-electron chi connectivity index (χ1n) is 3.96. The van der Waals surface area contributed by atoms with Crippen LogP contribution in [0.3, 0.4) is 0 Å². The summed E-state index contributed by atoms with van der Waals surface area (Å²) in [6.45, 7) is 3.39. The van der Waals surface area contributed by atoms with Crippen molar-refractivity contribution in [3.05, 3.63) is 53.9 Å². The molecule has 0 N–H and O–H groups in total. The average molecular weight is 230 g/mol. The van der Waals surface area contributed by atoms with Crippen LogP contribution in [0.2, 0.25) is 5.02 Å². The summed E-state index contributed by atoms with van der Waals surface area (Å²) >= 11 is 5.71. The van der Waals surface area contributed by atoms with Crippen LogP contribution in [0.15, 0.2) is 36.9 Å². The molecule has 0 aliphatic rings. The van der Waals surface area contributed by atoms with E-state index in [4.69, 9.17) is 11.6 Å². The molecule has 0 aliphatic heterocycles. The second-order valence-corrected chi connectivity index (χ2v) is 3.08. The van der Waals surface area contributed by atoms with Crippen molar-refractivity contribution >= 4 is 29.8 Å². The molecule has 0 saturated heterocycles. The third-order valence-electron chi connectivity index (χ3n) is 1.65. The summed E-state index contributed by atoms with van der Waals surface area (Å²) in [5.41, 5.74) is 1.07. The van der Waals surface area contributed by atoms with E-state index < -0.39 is 0 Å². The lowest BCUT2D eigenvalue weighted by Crippen LogP contribution is -1.96. The van der Waals surface area contributed by atoms with Crippen LogP contribution < -0.4 is 0 Å². The van der Waals surface area contributed by atoms with Crippen molar-refractivity contribution in [2.24, 2.45) is 0 Å². The smallest absolute Gasteiger partial charge is 0.159 e. The van der Waals surface area contributed by atoms with E-state index in [0.29, 0.717) is 11.4 Å². The number of carbonyl (C=O) groups excluding carboxylic acids is 1. The molecule has 0 aromatic heterocycles. The zero-order valence-corrected chi connectivity index (χ0v) is 9.15. The van der Waals surface area contributed by atoms with Crippen molar-refractivity contribution in [3.63, 3.8) is 0 Å². The van der Waals surface area contributed by atoms with E-state index in [-0.39, 0.29) is 18.2 Å². The first-order valence-corrected chi connectivity index (χ1v) is 4.34. The molecule has 75 valence electrons. The van der Waals surface area contributed by atoms with Gasteiger partial charge in [0.15, 0.2) is 5.78 Å². The lowest BCUT2D eigenvalue weighted by molar-refractivity contribution is -0.111. The maximum Gasteiger partial charge on any atom is 0.159 e. The van der Waals surface area contributed by atoms with Crippen molar-refractivity contribution in [2.75, 3.05) is 0 Å². The van der Waals surface area contributed by atoms with Crippen LogP contribution in [-0.2, 0) is 11.2 Å². The average Bonchev–Trinajstić information content (AvgIpc) is 2.16. The maximum absolute atomic E-state index is 10.9. The fraction of sp³-hybridized carbons (Fsp3) is 0.0909. The van der Waals surface area contributed by atoms with Crippen molar-refractivity contribution in [1.29, 1.82) is 0 Å². The Morgan fingerprint density at radius 1 is 1.36 bits per heavy atom. The Hall–Kier alpha value is -0.790. The Morgan fingerprint density at radius 2 is 1.93 bits per heavy atom. The summed E-state index contributed by atoms with van der Waals surface area (Å²) in [6.07, 6.45) is 3.52. The number of ketones is 1. The molecule has 0 bridgehead atoms. The zero-order chi connectivity index (χ0) is 9.68. The highest BCUT2D eigenvalue weighted by atomic mass is 35.5. The minimum Gasteiger partial charge on any atom is -0.295 e. The monoisotopic (exact) mass is 229 g/mol. The number of halogens is 2. The van der Waals surface area contributed by atoms with E-state index in [1.165, 1.54) is 6.08 Å². The predicted octanol–water partition coefficient (Wildman–Crippen LogP) is 3.26. The third kappa shape index (κ3) is 4.45. The molecule has 0 heterocycles. The number of benzene rings is 1. The SMILES string of the molecule is C=CC(=O)[CH]Cc1ccc(Cl)cc1.Cl. The van der Waals surface area contributed by atoms with Gasteiger partial charge in [-0.25, -0.2) is 0 Å². The van der Waals surface area contributed by atoms with Gasteiger partial charge in [-0.2, -0.15) is 0 Å². The summed E-state index contributed by atoms with van der Waals surface area (Å²) in [5, 5.41) is 0.707. The van der Waals surface area contributed by atoms with E-state index in [0.717, 1.165) is 5.56 Å². The minimum atomic E-state index is -0.0463. The van der Waals surface area contributed by atoms with Gasteiger partial charge in [-0.1, -0.05) is 30.3 Å². The van der Waals surface area contributed by atoms with Crippen LogP contribution in [0.1, 0.15) is 5.56 Å². The Bertz CT molecular complexity index is 304. The quantitative estimate of drug-likeness (QED) is 0.725. The summed E-state index contributed by atoms with van der Waals surface area (Å²) in [7, 11) is 0. The number of allylic oxidation sites excluding steroid dienone is 1. The van der Waals surface area contributed by atoms with Crippen LogP contribution in [0.25, 0.3) is 0 Å². The van der Waals surface area contributed by atoms with Crippen LogP contribution in [0, 0.1) is 6.42 Å². The standard InChI is InChI=1S/C11H10ClO.ClH/c1-2-11(13)8-5-9-3-6-10(12)7-4-9;/h2-4,6-8H,1,5H2;1H. The van der Waals surface area contributed by atoms with Crippen LogP contribution in [0.4, 0.5) is 0 Å². The van der Waals surface area contributed by atoms with Gasteiger partial charge in [0.2, 0.25) is 0 Å². The topological polar surface area (TPSA) is 17.1 Å². The molecule has 0 atom stereocenters. The Labute approximate surface area is 95.2 Å². The van der Waals surface area contributed by atoms with E-state index in [9.17, 15) is 4.79 Å². The van der Waals surface area contributed by atoms with Gasteiger partial charge < -0.3 is 0 Å². The molecule has 1 aromatic rings. The van der Waals surface area contributed by atoms with Crippen molar-refractivity contribution < 1.29 is 4.79 Å². The molecular formula is C11H11Cl2O. The van der Waals surface area contributed by atoms with Crippen molar-refractivity contribution in [2.45, 2.75) is 6.42 Å². The highest BCUT2D eigenvalue weighted by molar-refractivity contribution is 6.30. The predicted molar refractivity (Wildman–Crippen MR) is 61.9 cm³/mol. The van der Waals surface area contributed by atoms with Gasteiger partial charge in [-0.15, -0.1) is 12.4 Å². The third-order valence-corrected chi connectivity index (χ3v) is 1.91. The fourth-order valence-corrected chi connectivity index (χ4v) is 1.05. The van der Waals surface area contributed by atoms with E-state index in [2.05, 4.69) is 6.58 Å². The first-order chi connectivity index (χ1) is 6.22. The highest BCUT2D eigenvalue weighted by Crippen LogP contribution is 2.10. The molecule has 0 amide bonds. The molecule has 1 nitrogen and oxygen atoms in total. The van der Waals surface area contributed by atoms with Crippen LogP contribution in [0.5, 0.6) is 0 Å². The van der Waals surface area contributed by atoms with E-state index in [1.54, 1.807) is 6.42 Å². The normalized spacial score (nSPS) is 8.93. The highest BCUT2D eigenvalue weighted by Gasteiger charge is 1.98. The van der Waals surface area contributed by atoms with Crippen molar-refractivity contribution in [3.8, 4) is 0 Å². The van der Waals surface area contributed by atoms with E-state index in [1.807, 2.05) is 24.3 Å². The second-order valence-electron chi connectivity index (χ2n) is 2.64. The van der Waals surface area contributed by atoms with Gasteiger partial charge in [0.1, 0.15) is 0 Å². The largest absolute Gasteiger partial charge is 0.295 e. The summed E-state index contributed by atoms with van der Waals surface area (Å²) in [6, 6.07) is 7.41.